The zero-order chi connectivity index (χ0) is 19.6. The minimum atomic E-state index is -3.61. The molecule has 0 saturated heterocycles. The summed E-state index contributed by atoms with van der Waals surface area (Å²) in [6, 6.07) is 4.48. The third-order valence-electron chi connectivity index (χ3n) is 4.06. The summed E-state index contributed by atoms with van der Waals surface area (Å²) in [5.74, 6) is -0.697. The van der Waals surface area contributed by atoms with Crippen LogP contribution in [0.2, 0.25) is 0 Å². The predicted molar refractivity (Wildman–Crippen MR) is 97.0 cm³/mol. The van der Waals surface area contributed by atoms with Gasteiger partial charge in [-0.05, 0) is 38.5 Å². The number of carbonyl (C=O) groups is 1. The number of sulfonamides is 1. The first kappa shape index (κ1) is 20.1. The van der Waals surface area contributed by atoms with Crippen LogP contribution in [-0.2, 0) is 21.4 Å². The van der Waals surface area contributed by atoms with E-state index < -0.39 is 10.0 Å². The average Bonchev–Trinajstić information content (AvgIpc) is 2.83. The van der Waals surface area contributed by atoms with Crippen molar-refractivity contribution in [1.29, 1.82) is 0 Å². The van der Waals surface area contributed by atoms with Crippen molar-refractivity contribution in [3.05, 3.63) is 41.0 Å². The minimum Gasteiger partial charge on any atom is -0.326 e. The highest BCUT2D eigenvalue weighted by atomic mass is 32.2. The Kier molecular flexibility index (Phi) is 5.82. The molecule has 0 atom stereocenters. The van der Waals surface area contributed by atoms with E-state index in [2.05, 4.69) is 10.4 Å². The molecule has 1 aromatic carbocycles. The topological polar surface area (TPSA) is 84.3 Å². The lowest BCUT2D eigenvalue weighted by atomic mass is 10.2. The third-order valence-corrected chi connectivity index (χ3v) is 6.13. The molecule has 9 heteroatoms. The van der Waals surface area contributed by atoms with Crippen LogP contribution in [0.5, 0.6) is 0 Å². The van der Waals surface area contributed by atoms with Crippen molar-refractivity contribution in [3.8, 4) is 0 Å². The number of nitrogens with zero attached hydrogens (tertiary/aromatic N) is 3. The predicted octanol–water partition coefficient (Wildman–Crippen LogP) is 2.23. The van der Waals surface area contributed by atoms with Gasteiger partial charge in [-0.3, -0.25) is 9.48 Å². The number of anilines is 1. The van der Waals surface area contributed by atoms with Crippen molar-refractivity contribution in [2.75, 3.05) is 19.4 Å². The van der Waals surface area contributed by atoms with Gasteiger partial charge in [-0.2, -0.15) is 5.10 Å². The molecule has 0 aliphatic rings. The average molecular weight is 382 g/mol. The van der Waals surface area contributed by atoms with Crippen LogP contribution in [0, 0.1) is 26.6 Å². The van der Waals surface area contributed by atoms with Crippen molar-refractivity contribution in [1.82, 2.24) is 14.1 Å². The molecule has 2 aromatic rings. The van der Waals surface area contributed by atoms with E-state index in [0.717, 1.165) is 4.31 Å². The van der Waals surface area contributed by atoms with E-state index in [9.17, 15) is 17.6 Å². The van der Waals surface area contributed by atoms with Gasteiger partial charge in [0.1, 0.15) is 10.7 Å². The van der Waals surface area contributed by atoms with Gasteiger partial charge in [-0.15, -0.1) is 0 Å². The molecule has 0 fully saturated rings. The van der Waals surface area contributed by atoms with Crippen LogP contribution in [0.15, 0.2) is 23.1 Å². The SMILES string of the molecule is Cc1ccc(NC(=O)CCn2nc(C)c(S(=O)(=O)N(C)C)c2C)cc1F. The first-order chi connectivity index (χ1) is 12.0. The zero-order valence-electron chi connectivity index (χ0n) is 15.5. The van der Waals surface area contributed by atoms with Gasteiger partial charge in [0, 0.05) is 26.2 Å². The van der Waals surface area contributed by atoms with E-state index in [-0.39, 0.29) is 29.6 Å². The fourth-order valence-corrected chi connectivity index (χ4v) is 3.81. The number of rotatable bonds is 6. The van der Waals surface area contributed by atoms with E-state index in [4.69, 9.17) is 0 Å². The van der Waals surface area contributed by atoms with Crippen LogP contribution in [-0.4, -0.2) is 42.5 Å². The molecule has 0 spiro atoms. The fourth-order valence-electron chi connectivity index (χ4n) is 2.56. The second-order valence-electron chi connectivity index (χ2n) is 6.27. The number of benzene rings is 1. The van der Waals surface area contributed by atoms with E-state index in [1.54, 1.807) is 32.9 Å². The van der Waals surface area contributed by atoms with Crippen LogP contribution in [0.4, 0.5) is 10.1 Å². The monoisotopic (exact) mass is 382 g/mol. The maximum absolute atomic E-state index is 13.5. The van der Waals surface area contributed by atoms with Crippen molar-refractivity contribution >= 4 is 21.6 Å². The summed E-state index contributed by atoms with van der Waals surface area (Å²) in [6.45, 7) is 5.14. The first-order valence-corrected chi connectivity index (χ1v) is 9.50. The van der Waals surface area contributed by atoms with Crippen LogP contribution in [0.3, 0.4) is 0 Å². The lowest BCUT2D eigenvalue weighted by Crippen LogP contribution is -2.23. The molecule has 1 amide bonds. The maximum atomic E-state index is 13.5. The highest BCUT2D eigenvalue weighted by molar-refractivity contribution is 7.89. The Balaban J connectivity index is 2.10. The molecule has 142 valence electrons. The van der Waals surface area contributed by atoms with Gasteiger partial charge in [0.2, 0.25) is 15.9 Å². The summed E-state index contributed by atoms with van der Waals surface area (Å²) in [5, 5.41) is 6.86. The van der Waals surface area contributed by atoms with Crippen LogP contribution < -0.4 is 5.32 Å². The minimum absolute atomic E-state index is 0.0822. The van der Waals surface area contributed by atoms with Crippen LogP contribution in [0.1, 0.15) is 23.4 Å². The summed E-state index contributed by atoms with van der Waals surface area (Å²) in [5.41, 5.74) is 1.74. The lowest BCUT2D eigenvalue weighted by Gasteiger charge is -2.12. The van der Waals surface area contributed by atoms with Crippen LogP contribution in [0.25, 0.3) is 0 Å². The number of amides is 1. The number of hydrogen-bond donors (Lipinski definition) is 1. The third kappa shape index (κ3) is 4.10. The molecule has 1 heterocycles. The molecule has 26 heavy (non-hydrogen) atoms. The maximum Gasteiger partial charge on any atom is 0.246 e. The highest BCUT2D eigenvalue weighted by Gasteiger charge is 2.26. The summed E-state index contributed by atoms with van der Waals surface area (Å²) < 4.78 is 40.9. The van der Waals surface area contributed by atoms with Crippen molar-refractivity contribution in [2.45, 2.75) is 38.6 Å². The number of halogens is 1. The molecule has 0 aliphatic carbocycles. The lowest BCUT2D eigenvalue weighted by molar-refractivity contribution is -0.116. The van der Waals surface area contributed by atoms with Crippen molar-refractivity contribution < 1.29 is 17.6 Å². The fraction of sp³-hybridized carbons (Fsp3) is 0.412. The Morgan fingerprint density at radius 3 is 2.50 bits per heavy atom. The van der Waals surface area contributed by atoms with Gasteiger partial charge >= 0.3 is 0 Å². The number of nitrogens with one attached hydrogen (secondary N) is 1. The molecule has 1 aromatic heterocycles. The Bertz CT molecular complexity index is 936. The quantitative estimate of drug-likeness (QED) is 0.830. The molecule has 0 radical (unpaired) electrons. The van der Waals surface area contributed by atoms with Gasteiger partial charge in [0.05, 0.1) is 17.9 Å². The van der Waals surface area contributed by atoms with Gasteiger partial charge in [0.25, 0.3) is 0 Å². The highest BCUT2D eigenvalue weighted by Crippen LogP contribution is 2.22. The van der Waals surface area contributed by atoms with E-state index >= 15 is 0 Å². The molecular weight excluding hydrogens is 359 g/mol. The number of aromatic nitrogens is 2. The number of hydrogen-bond acceptors (Lipinski definition) is 4. The normalized spacial score (nSPS) is 11.8. The summed E-state index contributed by atoms with van der Waals surface area (Å²) >= 11 is 0. The Morgan fingerprint density at radius 1 is 1.27 bits per heavy atom. The van der Waals surface area contributed by atoms with Gasteiger partial charge in [-0.1, -0.05) is 6.07 Å². The summed E-state index contributed by atoms with van der Waals surface area (Å²) in [4.78, 5) is 12.2. The van der Waals surface area contributed by atoms with Gasteiger partial charge in [0.15, 0.2) is 0 Å². The molecule has 0 bridgehead atoms. The van der Waals surface area contributed by atoms with Crippen LogP contribution >= 0.6 is 0 Å². The van der Waals surface area contributed by atoms with E-state index in [0.29, 0.717) is 22.6 Å². The van der Waals surface area contributed by atoms with Gasteiger partial charge < -0.3 is 5.32 Å². The van der Waals surface area contributed by atoms with Crippen molar-refractivity contribution in [3.63, 3.8) is 0 Å². The Labute approximate surface area is 152 Å². The molecule has 1 N–H and O–H groups in total. The second kappa shape index (κ2) is 7.55. The number of aryl methyl sites for hydroxylation is 3. The number of carbonyl (C=O) groups excluding carboxylic acids is 1. The smallest absolute Gasteiger partial charge is 0.246 e. The molecule has 0 unspecified atom stereocenters. The zero-order valence-corrected chi connectivity index (χ0v) is 16.3. The van der Waals surface area contributed by atoms with Gasteiger partial charge in [-0.25, -0.2) is 17.1 Å². The summed E-state index contributed by atoms with van der Waals surface area (Å²) in [7, 11) is -0.690. The largest absolute Gasteiger partial charge is 0.326 e. The molecule has 7 nitrogen and oxygen atoms in total. The summed E-state index contributed by atoms with van der Waals surface area (Å²) in [6.07, 6.45) is 0.0822. The Morgan fingerprint density at radius 2 is 1.92 bits per heavy atom. The standard InChI is InChI=1S/C17H23FN4O3S/c1-11-6-7-14(10-15(11)18)19-16(23)8-9-22-13(3)17(12(2)20-22)26(24,25)21(4)5/h6-7,10H,8-9H2,1-5H3,(H,19,23). The molecule has 2 rings (SSSR count). The Hall–Kier alpha value is -2.26. The molecule has 0 aliphatic heterocycles. The second-order valence-corrected chi connectivity index (χ2v) is 8.36. The first-order valence-electron chi connectivity index (χ1n) is 8.06. The molecule has 0 saturated carbocycles. The van der Waals surface area contributed by atoms with E-state index in [1.165, 1.54) is 24.8 Å². The molecular formula is C17H23FN4O3S. The van der Waals surface area contributed by atoms with E-state index in [1.807, 2.05) is 0 Å². The van der Waals surface area contributed by atoms with Crippen molar-refractivity contribution in [2.24, 2.45) is 0 Å².